The van der Waals surface area contributed by atoms with Gasteiger partial charge in [-0.1, -0.05) is 25.4 Å². The van der Waals surface area contributed by atoms with Crippen molar-refractivity contribution in [1.82, 2.24) is 20.0 Å². The van der Waals surface area contributed by atoms with Crippen LogP contribution in [0.3, 0.4) is 0 Å². The molecule has 0 fully saturated rings. The lowest BCUT2D eigenvalue weighted by molar-refractivity contribution is 0.353. The molecule has 0 aliphatic rings. The summed E-state index contributed by atoms with van der Waals surface area (Å²) in [6, 6.07) is 0.455. The summed E-state index contributed by atoms with van der Waals surface area (Å²) >= 11 is 6.53. The molecule has 0 bridgehead atoms. The molecule has 1 heterocycles. The molecule has 1 atom stereocenters. The van der Waals surface area contributed by atoms with Gasteiger partial charge >= 0.3 is 0 Å². The fourth-order valence-electron chi connectivity index (χ4n) is 2.48. The lowest BCUT2D eigenvalue weighted by Crippen LogP contribution is -2.35. The van der Waals surface area contributed by atoms with Crippen LogP contribution >= 0.6 is 11.6 Å². The van der Waals surface area contributed by atoms with Crippen LogP contribution in [0.15, 0.2) is 0 Å². The van der Waals surface area contributed by atoms with E-state index in [2.05, 4.69) is 54.9 Å². The van der Waals surface area contributed by atoms with Gasteiger partial charge in [-0.15, -0.1) is 0 Å². The van der Waals surface area contributed by atoms with Gasteiger partial charge in [-0.2, -0.15) is 5.10 Å². The van der Waals surface area contributed by atoms with Crippen molar-refractivity contribution in [3.05, 3.63) is 16.4 Å². The highest BCUT2D eigenvalue weighted by molar-refractivity contribution is 6.31. The number of hydrogen-bond acceptors (Lipinski definition) is 3. The molecule has 0 spiro atoms. The summed E-state index contributed by atoms with van der Waals surface area (Å²) in [5, 5.41) is 9.14. The lowest BCUT2D eigenvalue weighted by Gasteiger charge is -2.21. The second-order valence-electron chi connectivity index (χ2n) is 5.82. The first-order valence-electron chi connectivity index (χ1n) is 8.15. The first-order chi connectivity index (χ1) is 10.0. The van der Waals surface area contributed by atoms with Crippen LogP contribution in [0.5, 0.6) is 0 Å². The number of rotatable bonds is 10. The third-order valence-corrected chi connectivity index (χ3v) is 4.18. The van der Waals surface area contributed by atoms with Gasteiger partial charge in [-0.3, -0.25) is 4.68 Å². The summed E-state index contributed by atoms with van der Waals surface area (Å²) in [4.78, 5) is 2.23. The zero-order valence-electron chi connectivity index (χ0n) is 14.2. The quantitative estimate of drug-likeness (QED) is 0.721. The molecule has 0 amide bonds. The molecule has 0 aliphatic carbocycles. The van der Waals surface area contributed by atoms with Crippen molar-refractivity contribution < 1.29 is 0 Å². The van der Waals surface area contributed by atoms with Crippen molar-refractivity contribution in [3.8, 4) is 0 Å². The third kappa shape index (κ3) is 5.61. The van der Waals surface area contributed by atoms with E-state index in [0.717, 1.165) is 56.0 Å². The Kier molecular flexibility index (Phi) is 8.30. The molecule has 0 saturated heterocycles. The molecule has 1 N–H and O–H groups in total. The number of aromatic nitrogens is 2. The minimum Gasteiger partial charge on any atom is -0.314 e. The highest BCUT2D eigenvalue weighted by Crippen LogP contribution is 2.23. The Bertz CT molecular complexity index is 415. The Labute approximate surface area is 134 Å². The van der Waals surface area contributed by atoms with E-state index in [-0.39, 0.29) is 0 Å². The molecule has 0 radical (unpaired) electrons. The maximum absolute atomic E-state index is 6.53. The van der Waals surface area contributed by atoms with E-state index < -0.39 is 0 Å². The zero-order chi connectivity index (χ0) is 15.8. The van der Waals surface area contributed by atoms with Crippen LogP contribution in [0.4, 0.5) is 0 Å². The second kappa shape index (κ2) is 9.44. The van der Waals surface area contributed by atoms with Gasteiger partial charge in [0.1, 0.15) is 0 Å². The largest absolute Gasteiger partial charge is 0.314 e. The van der Waals surface area contributed by atoms with Crippen molar-refractivity contribution in [3.63, 3.8) is 0 Å². The van der Waals surface area contributed by atoms with Crippen LogP contribution in [-0.4, -0.2) is 47.9 Å². The molecule has 21 heavy (non-hydrogen) atoms. The lowest BCUT2D eigenvalue weighted by atomic mass is 10.1. The first-order valence-corrected chi connectivity index (χ1v) is 8.53. The number of nitrogens with zero attached hydrogens (tertiary/aromatic N) is 3. The summed E-state index contributed by atoms with van der Waals surface area (Å²) < 4.78 is 2.07. The van der Waals surface area contributed by atoms with Crippen molar-refractivity contribution in [1.29, 1.82) is 0 Å². The Morgan fingerprint density at radius 2 is 2.00 bits per heavy atom. The summed E-state index contributed by atoms with van der Waals surface area (Å²) in [6.07, 6.45) is 4.12. The molecule has 4 nitrogen and oxygen atoms in total. The van der Waals surface area contributed by atoms with Gasteiger partial charge in [-0.05, 0) is 53.4 Å². The summed E-state index contributed by atoms with van der Waals surface area (Å²) in [5.41, 5.74) is 2.21. The van der Waals surface area contributed by atoms with Gasteiger partial charge < -0.3 is 10.2 Å². The SMILES string of the molecule is CCCNC(CCN(C)C)Cc1c(Cl)c(CC)nn1CC. The molecule has 0 aliphatic heterocycles. The molecule has 0 aromatic carbocycles. The highest BCUT2D eigenvalue weighted by atomic mass is 35.5. The smallest absolute Gasteiger partial charge is 0.0850 e. The van der Waals surface area contributed by atoms with Gasteiger partial charge in [0.2, 0.25) is 0 Å². The standard InChI is InChI=1S/C16H31ClN4/c1-6-10-18-13(9-11-20(4)5)12-15-16(17)14(7-2)19-21(15)8-3/h13,18H,6-12H2,1-5H3. The molecule has 1 rings (SSSR count). The van der Waals surface area contributed by atoms with E-state index in [1.54, 1.807) is 0 Å². The molecule has 1 unspecified atom stereocenters. The Hall–Kier alpha value is -0.580. The fraction of sp³-hybridized carbons (Fsp3) is 0.812. The van der Waals surface area contributed by atoms with E-state index in [4.69, 9.17) is 11.6 Å². The van der Waals surface area contributed by atoms with Crippen LogP contribution in [0.1, 0.15) is 45.0 Å². The van der Waals surface area contributed by atoms with Crippen LogP contribution in [0.25, 0.3) is 0 Å². The van der Waals surface area contributed by atoms with E-state index in [0.29, 0.717) is 6.04 Å². The predicted octanol–water partition coefficient (Wildman–Crippen LogP) is 2.98. The normalized spacial score (nSPS) is 13.1. The van der Waals surface area contributed by atoms with Gasteiger partial charge in [0, 0.05) is 19.0 Å². The fourth-order valence-corrected chi connectivity index (χ4v) is 2.83. The van der Waals surface area contributed by atoms with Crippen LogP contribution in [0.2, 0.25) is 5.02 Å². The number of aryl methyl sites for hydroxylation is 2. The van der Waals surface area contributed by atoms with Gasteiger partial charge in [-0.25, -0.2) is 0 Å². The molecule has 1 aromatic rings. The van der Waals surface area contributed by atoms with Gasteiger partial charge in [0.05, 0.1) is 16.4 Å². The monoisotopic (exact) mass is 314 g/mol. The summed E-state index contributed by atoms with van der Waals surface area (Å²) in [6.45, 7) is 9.45. The van der Waals surface area contributed by atoms with Crippen molar-refractivity contribution >= 4 is 11.6 Å². The number of nitrogens with one attached hydrogen (secondary N) is 1. The van der Waals surface area contributed by atoms with E-state index in [1.807, 2.05) is 0 Å². The number of halogens is 1. The van der Waals surface area contributed by atoms with E-state index >= 15 is 0 Å². The second-order valence-corrected chi connectivity index (χ2v) is 6.20. The number of hydrogen-bond donors (Lipinski definition) is 1. The minimum atomic E-state index is 0.455. The maximum atomic E-state index is 6.53. The molecule has 1 aromatic heterocycles. The predicted molar refractivity (Wildman–Crippen MR) is 91.2 cm³/mol. The Morgan fingerprint density at radius 1 is 1.29 bits per heavy atom. The van der Waals surface area contributed by atoms with Crippen LogP contribution in [0, 0.1) is 0 Å². The minimum absolute atomic E-state index is 0.455. The molecule has 0 saturated carbocycles. The average molecular weight is 315 g/mol. The van der Waals surface area contributed by atoms with Crippen LogP contribution < -0.4 is 5.32 Å². The molecular formula is C16H31ClN4. The molecule has 5 heteroatoms. The van der Waals surface area contributed by atoms with Crippen molar-refractivity contribution in [2.45, 2.75) is 59.0 Å². The Morgan fingerprint density at radius 3 is 2.52 bits per heavy atom. The topological polar surface area (TPSA) is 33.1 Å². The maximum Gasteiger partial charge on any atom is 0.0850 e. The van der Waals surface area contributed by atoms with E-state index in [9.17, 15) is 0 Å². The highest BCUT2D eigenvalue weighted by Gasteiger charge is 2.18. The van der Waals surface area contributed by atoms with E-state index in [1.165, 1.54) is 5.69 Å². The zero-order valence-corrected chi connectivity index (χ0v) is 15.0. The molecule has 122 valence electrons. The summed E-state index contributed by atoms with van der Waals surface area (Å²) in [7, 11) is 4.24. The van der Waals surface area contributed by atoms with Gasteiger partial charge in [0.15, 0.2) is 0 Å². The molecular weight excluding hydrogens is 284 g/mol. The third-order valence-electron chi connectivity index (χ3n) is 3.74. The summed E-state index contributed by atoms with van der Waals surface area (Å²) in [5.74, 6) is 0. The average Bonchev–Trinajstić information content (AvgIpc) is 2.77. The van der Waals surface area contributed by atoms with Crippen LogP contribution in [-0.2, 0) is 19.4 Å². The van der Waals surface area contributed by atoms with Gasteiger partial charge in [0.25, 0.3) is 0 Å². The van der Waals surface area contributed by atoms with Crippen molar-refractivity contribution in [2.24, 2.45) is 0 Å². The Balaban J connectivity index is 2.83. The van der Waals surface area contributed by atoms with Crippen molar-refractivity contribution in [2.75, 3.05) is 27.2 Å². The first kappa shape index (κ1) is 18.5.